The molecule has 6 heteroatoms. The predicted molar refractivity (Wildman–Crippen MR) is 157 cm³/mol. The first-order valence-electron chi connectivity index (χ1n) is 13.5. The number of allylic oxidation sites excluding steroid dienone is 2. The number of rotatable bonds is 7. The lowest BCUT2D eigenvalue weighted by Crippen LogP contribution is -2.35. The number of amidine groups is 1. The van der Waals surface area contributed by atoms with E-state index in [1.807, 2.05) is 24.3 Å². The number of carboxylic acids is 1. The van der Waals surface area contributed by atoms with Crippen molar-refractivity contribution in [3.05, 3.63) is 113 Å². The van der Waals surface area contributed by atoms with Gasteiger partial charge in [-0.2, -0.15) is 0 Å². The average Bonchev–Trinajstić information content (AvgIpc) is 3.47. The summed E-state index contributed by atoms with van der Waals surface area (Å²) in [6.45, 7) is 5.01. The van der Waals surface area contributed by atoms with E-state index in [1.165, 1.54) is 0 Å². The molecular formula is C33H32N4O2. The van der Waals surface area contributed by atoms with Gasteiger partial charge < -0.3 is 14.6 Å². The normalized spacial score (nSPS) is 18.0. The molecule has 1 aliphatic heterocycles. The topological polar surface area (TPSA) is 70.7 Å². The highest BCUT2D eigenvalue weighted by Crippen LogP contribution is 2.30. The van der Waals surface area contributed by atoms with Crippen LogP contribution in [0.3, 0.4) is 0 Å². The van der Waals surface area contributed by atoms with Crippen molar-refractivity contribution < 1.29 is 9.90 Å². The SMILES string of the molecule is CCCc1nc2c(C)cc(C3=NC4C=CC=CC4N3C)cc2n1Cc1ccc(-c2ccccc2C(=O)O)cc1. The highest BCUT2D eigenvalue weighted by Gasteiger charge is 2.32. The Hall–Kier alpha value is -4.45. The second kappa shape index (κ2) is 10.0. The van der Waals surface area contributed by atoms with Gasteiger partial charge in [-0.05, 0) is 53.8 Å². The largest absolute Gasteiger partial charge is 0.478 e. The molecule has 0 bridgehead atoms. The highest BCUT2D eigenvalue weighted by molar-refractivity contribution is 6.03. The summed E-state index contributed by atoms with van der Waals surface area (Å²) in [6, 6.07) is 20.2. The molecule has 4 aromatic rings. The number of aryl methyl sites for hydroxylation is 2. The Bertz CT molecular complexity index is 1660. The molecule has 0 spiro atoms. The van der Waals surface area contributed by atoms with Gasteiger partial charge in [-0.15, -0.1) is 0 Å². The summed E-state index contributed by atoms with van der Waals surface area (Å²) in [5, 5.41) is 9.61. The van der Waals surface area contributed by atoms with Gasteiger partial charge in [0, 0.05) is 25.6 Å². The van der Waals surface area contributed by atoms with Crippen molar-refractivity contribution in [1.29, 1.82) is 0 Å². The van der Waals surface area contributed by atoms with Gasteiger partial charge in [0.05, 0.1) is 28.7 Å². The Labute approximate surface area is 228 Å². The van der Waals surface area contributed by atoms with Crippen molar-refractivity contribution in [3.8, 4) is 11.1 Å². The minimum absolute atomic E-state index is 0.149. The molecular weight excluding hydrogens is 484 g/mol. The third-order valence-corrected chi connectivity index (χ3v) is 7.75. The molecule has 196 valence electrons. The first-order chi connectivity index (χ1) is 18.9. The van der Waals surface area contributed by atoms with Crippen LogP contribution in [0.1, 0.15) is 46.2 Å². The molecule has 2 heterocycles. The Morgan fingerprint density at radius 2 is 1.77 bits per heavy atom. The molecule has 1 aromatic heterocycles. The summed E-state index contributed by atoms with van der Waals surface area (Å²) in [7, 11) is 2.12. The number of carbonyl (C=O) groups is 1. The summed E-state index contributed by atoms with van der Waals surface area (Å²) >= 11 is 0. The van der Waals surface area contributed by atoms with E-state index in [1.54, 1.807) is 12.1 Å². The van der Waals surface area contributed by atoms with E-state index >= 15 is 0 Å². The number of nitrogens with zero attached hydrogens (tertiary/aromatic N) is 4. The van der Waals surface area contributed by atoms with Crippen molar-refractivity contribution in [2.24, 2.45) is 4.99 Å². The summed E-state index contributed by atoms with van der Waals surface area (Å²) in [6.07, 6.45) is 10.5. The smallest absolute Gasteiger partial charge is 0.336 e. The molecule has 0 saturated heterocycles. The number of hydrogen-bond acceptors (Lipinski definition) is 4. The van der Waals surface area contributed by atoms with Crippen molar-refractivity contribution in [2.75, 3.05) is 7.05 Å². The van der Waals surface area contributed by atoms with Crippen LogP contribution in [0.5, 0.6) is 0 Å². The van der Waals surface area contributed by atoms with Crippen molar-refractivity contribution in [2.45, 2.75) is 45.3 Å². The van der Waals surface area contributed by atoms with Crippen LogP contribution in [0.2, 0.25) is 0 Å². The lowest BCUT2D eigenvalue weighted by molar-refractivity contribution is 0.0697. The maximum absolute atomic E-state index is 11.7. The molecule has 6 nitrogen and oxygen atoms in total. The zero-order valence-corrected chi connectivity index (χ0v) is 22.5. The van der Waals surface area contributed by atoms with Gasteiger partial charge in [0.25, 0.3) is 0 Å². The number of benzene rings is 3. The van der Waals surface area contributed by atoms with E-state index in [0.29, 0.717) is 12.1 Å². The first-order valence-corrected chi connectivity index (χ1v) is 13.5. The van der Waals surface area contributed by atoms with E-state index < -0.39 is 5.97 Å². The summed E-state index contributed by atoms with van der Waals surface area (Å²) in [5.41, 5.74) is 7.49. The minimum Gasteiger partial charge on any atom is -0.478 e. The zero-order valence-electron chi connectivity index (χ0n) is 22.5. The second-order valence-corrected chi connectivity index (χ2v) is 10.4. The first kappa shape index (κ1) is 24.9. The molecule has 39 heavy (non-hydrogen) atoms. The Balaban J connectivity index is 1.38. The number of aromatic carboxylic acids is 1. The average molecular weight is 517 g/mol. The Morgan fingerprint density at radius 3 is 2.51 bits per heavy atom. The molecule has 0 amide bonds. The summed E-state index contributed by atoms with van der Waals surface area (Å²) < 4.78 is 2.33. The molecule has 3 aromatic carbocycles. The van der Waals surface area contributed by atoms with Crippen LogP contribution < -0.4 is 0 Å². The van der Waals surface area contributed by atoms with E-state index in [4.69, 9.17) is 9.98 Å². The van der Waals surface area contributed by atoms with Crippen LogP contribution in [0.4, 0.5) is 0 Å². The lowest BCUT2D eigenvalue weighted by atomic mass is 9.98. The van der Waals surface area contributed by atoms with Gasteiger partial charge in [-0.3, -0.25) is 4.99 Å². The molecule has 1 N–H and O–H groups in total. The van der Waals surface area contributed by atoms with Crippen LogP contribution in [0.15, 0.2) is 90.0 Å². The number of hydrogen-bond donors (Lipinski definition) is 1. The fourth-order valence-corrected chi connectivity index (χ4v) is 5.77. The Kier molecular flexibility index (Phi) is 6.39. The van der Waals surface area contributed by atoms with Crippen molar-refractivity contribution in [3.63, 3.8) is 0 Å². The van der Waals surface area contributed by atoms with E-state index in [9.17, 15) is 9.90 Å². The van der Waals surface area contributed by atoms with Crippen LogP contribution in [-0.4, -0.2) is 50.5 Å². The molecule has 2 aliphatic rings. The van der Waals surface area contributed by atoms with Gasteiger partial charge in [-0.25, -0.2) is 9.78 Å². The van der Waals surface area contributed by atoms with Crippen LogP contribution in [0.25, 0.3) is 22.2 Å². The number of aliphatic imine (C=N–C) groups is 1. The third-order valence-electron chi connectivity index (χ3n) is 7.75. The molecule has 1 aliphatic carbocycles. The number of fused-ring (bicyclic) bond motifs is 2. The minimum atomic E-state index is -0.918. The predicted octanol–water partition coefficient (Wildman–Crippen LogP) is 6.27. The number of imidazole rings is 1. The van der Waals surface area contributed by atoms with Crippen molar-refractivity contribution >= 4 is 22.8 Å². The van der Waals surface area contributed by atoms with Gasteiger partial charge in [0.1, 0.15) is 11.7 Å². The summed E-state index contributed by atoms with van der Waals surface area (Å²) in [5.74, 6) is 1.17. The molecule has 2 atom stereocenters. The fraction of sp³-hybridized carbons (Fsp3) is 0.242. The number of likely N-dealkylation sites (N-methyl/N-ethyl adjacent to an activating group) is 1. The van der Waals surface area contributed by atoms with E-state index in [2.05, 4.69) is 78.9 Å². The molecule has 0 fully saturated rings. The van der Waals surface area contributed by atoms with Gasteiger partial charge in [-0.1, -0.05) is 73.7 Å². The zero-order chi connectivity index (χ0) is 27.1. The van der Waals surface area contributed by atoms with E-state index in [0.717, 1.165) is 63.4 Å². The van der Waals surface area contributed by atoms with Gasteiger partial charge in [0.2, 0.25) is 0 Å². The van der Waals surface area contributed by atoms with Gasteiger partial charge >= 0.3 is 5.97 Å². The quantitative estimate of drug-likeness (QED) is 0.314. The maximum atomic E-state index is 11.7. The van der Waals surface area contributed by atoms with Crippen LogP contribution in [-0.2, 0) is 13.0 Å². The van der Waals surface area contributed by atoms with Crippen LogP contribution >= 0.6 is 0 Å². The van der Waals surface area contributed by atoms with Gasteiger partial charge in [0.15, 0.2) is 0 Å². The summed E-state index contributed by atoms with van der Waals surface area (Å²) in [4.78, 5) is 24.1. The molecule has 0 radical (unpaired) electrons. The Morgan fingerprint density at radius 1 is 1.00 bits per heavy atom. The number of aromatic nitrogens is 2. The van der Waals surface area contributed by atoms with Crippen LogP contribution in [0, 0.1) is 6.92 Å². The third kappa shape index (κ3) is 4.46. The van der Waals surface area contributed by atoms with Crippen molar-refractivity contribution in [1.82, 2.24) is 14.5 Å². The lowest BCUT2D eigenvalue weighted by Gasteiger charge is -2.24. The number of carboxylic acid groups (broad SMARTS) is 1. The highest BCUT2D eigenvalue weighted by atomic mass is 16.4. The molecule has 2 unspecified atom stereocenters. The second-order valence-electron chi connectivity index (χ2n) is 10.4. The molecule has 6 rings (SSSR count). The molecule has 0 saturated carbocycles. The standard InChI is InChI=1S/C33H32N4O2/c1-4-9-30-35-31-21(2)18-24(32-34-27-12-7-8-13-28(27)36(32)3)19-29(31)37(30)20-22-14-16-23(17-15-22)25-10-5-6-11-26(25)33(38)39/h5-8,10-19,27-28H,4,9,20H2,1-3H3,(H,38,39). The maximum Gasteiger partial charge on any atom is 0.336 e. The fourth-order valence-electron chi connectivity index (χ4n) is 5.77. The monoisotopic (exact) mass is 516 g/mol. The van der Waals surface area contributed by atoms with E-state index in [-0.39, 0.29) is 12.1 Å².